The molecule has 2 N–H and O–H groups in total. The van der Waals surface area contributed by atoms with Gasteiger partial charge in [-0.25, -0.2) is 9.37 Å². The fraction of sp³-hybridized carbons (Fsp3) is 0.222. The van der Waals surface area contributed by atoms with Crippen LogP contribution in [0.1, 0.15) is 18.1 Å². The molecule has 0 unspecified atom stereocenters. The van der Waals surface area contributed by atoms with Gasteiger partial charge in [-0.1, -0.05) is 30.3 Å². The zero-order valence-corrected chi connectivity index (χ0v) is 13.0. The molecule has 0 bridgehead atoms. The SMILES string of the molecule is O=C(CCn1cnc2ccccc21)NC[C@H](O)c1ccccc1F. The smallest absolute Gasteiger partial charge is 0.221 e. The Hall–Kier alpha value is -2.73. The van der Waals surface area contributed by atoms with E-state index in [0.29, 0.717) is 6.54 Å². The number of hydrogen-bond donors (Lipinski definition) is 2. The molecule has 1 heterocycles. The van der Waals surface area contributed by atoms with E-state index in [1.807, 2.05) is 28.8 Å². The highest BCUT2D eigenvalue weighted by atomic mass is 19.1. The van der Waals surface area contributed by atoms with E-state index in [0.717, 1.165) is 11.0 Å². The largest absolute Gasteiger partial charge is 0.386 e. The molecule has 0 aliphatic rings. The Labute approximate surface area is 138 Å². The van der Waals surface area contributed by atoms with Crippen LogP contribution < -0.4 is 5.32 Å². The van der Waals surface area contributed by atoms with E-state index in [4.69, 9.17) is 0 Å². The Morgan fingerprint density at radius 1 is 1.21 bits per heavy atom. The van der Waals surface area contributed by atoms with Crippen LogP contribution in [0.4, 0.5) is 4.39 Å². The first-order chi connectivity index (χ1) is 11.6. The Kier molecular flexibility index (Phi) is 4.86. The number of hydrogen-bond acceptors (Lipinski definition) is 3. The van der Waals surface area contributed by atoms with E-state index < -0.39 is 11.9 Å². The predicted octanol–water partition coefficient (Wildman–Crippen LogP) is 2.42. The molecule has 0 aliphatic heterocycles. The predicted molar refractivity (Wildman–Crippen MR) is 88.7 cm³/mol. The molecule has 0 saturated heterocycles. The first kappa shape index (κ1) is 16.1. The second-order valence-corrected chi connectivity index (χ2v) is 5.52. The highest BCUT2D eigenvalue weighted by Gasteiger charge is 2.13. The molecule has 0 saturated carbocycles. The van der Waals surface area contributed by atoms with Crippen LogP contribution in [-0.4, -0.2) is 27.1 Å². The van der Waals surface area contributed by atoms with Crippen molar-refractivity contribution >= 4 is 16.9 Å². The number of imidazole rings is 1. The number of aliphatic hydroxyl groups is 1. The van der Waals surface area contributed by atoms with E-state index in [2.05, 4.69) is 10.3 Å². The summed E-state index contributed by atoms with van der Waals surface area (Å²) in [4.78, 5) is 16.2. The maximum atomic E-state index is 13.6. The van der Waals surface area contributed by atoms with Crippen LogP contribution in [0.5, 0.6) is 0 Å². The third-order valence-corrected chi connectivity index (χ3v) is 3.86. The number of carbonyl (C=O) groups excluding carboxylic acids is 1. The van der Waals surface area contributed by atoms with Gasteiger partial charge in [-0.15, -0.1) is 0 Å². The van der Waals surface area contributed by atoms with Gasteiger partial charge in [0.05, 0.1) is 23.5 Å². The zero-order valence-electron chi connectivity index (χ0n) is 13.0. The third-order valence-electron chi connectivity index (χ3n) is 3.86. The van der Waals surface area contributed by atoms with Crippen LogP contribution in [0, 0.1) is 5.82 Å². The molecule has 2 aromatic carbocycles. The highest BCUT2D eigenvalue weighted by Crippen LogP contribution is 2.16. The van der Waals surface area contributed by atoms with Crippen LogP contribution in [0.15, 0.2) is 54.9 Å². The fourth-order valence-electron chi connectivity index (χ4n) is 2.56. The monoisotopic (exact) mass is 327 g/mol. The number of carbonyl (C=O) groups is 1. The second-order valence-electron chi connectivity index (χ2n) is 5.52. The lowest BCUT2D eigenvalue weighted by Gasteiger charge is -2.13. The molecule has 0 aliphatic carbocycles. The van der Waals surface area contributed by atoms with Gasteiger partial charge in [0.1, 0.15) is 5.82 Å². The molecule has 5 nitrogen and oxygen atoms in total. The molecule has 6 heteroatoms. The van der Waals surface area contributed by atoms with Gasteiger partial charge in [0.25, 0.3) is 0 Å². The molecule has 3 rings (SSSR count). The lowest BCUT2D eigenvalue weighted by atomic mass is 10.1. The number of benzene rings is 2. The summed E-state index contributed by atoms with van der Waals surface area (Å²) in [5.74, 6) is -0.688. The van der Waals surface area contributed by atoms with E-state index in [1.165, 1.54) is 12.1 Å². The lowest BCUT2D eigenvalue weighted by Crippen LogP contribution is -2.29. The number of aryl methyl sites for hydroxylation is 1. The van der Waals surface area contributed by atoms with Crippen LogP contribution in [-0.2, 0) is 11.3 Å². The van der Waals surface area contributed by atoms with Crippen molar-refractivity contribution in [1.29, 1.82) is 0 Å². The van der Waals surface area contributed by atoms with Crippen LogP contribution in [0.3, 0.4) is 0 Å². The van der Waals surface area contributed by atoms with Crippen molar-refractivity contribution in [3.05, 3.63) is 66.2 Å². The molecule has 0 fully saturated rings. The minimum Gasteiger partial charge on any atom is -0.386 e. The maximum absolute atomic E-state index is 13.6. The number of aromatic nitrogens is 2. The van der Waals surface area contributed by atoms with Gasteiger partial charge in [-0.2, -0.15) is 0 Å². The Morgan fingerprint density at radius 3 is 2.79 bits per heavy atom. The molecule has 124 valence electrons. The van der Waals surface area contributed by atoms with Crippen molar-refractivity contribution in [1.82, 2.24) is 14.9 Å². The fourth-order valence-corrected chi connectivity index (χ4v) is 2.56. The number of para-hydroxylation sites is 2. The number of fused-ring (bicyclic) bond motifs is 1. The lowest BCUT2D eigenvalue weighted by molar-refractivity contribution is -0.121. The summed E-state index contributed by atoms with van der Waals surface area (Å²) >= 11 is 0. The van der Waals surface area contributed by atoms with E-state index in [-0.39, 0.29) is 24.4 Å². The van der Waals surface area contributed by atoms with Crippen molar-refractivity contribution in [2.75, 3.05) is 6.54 Å². The van der Waals surface area contributed by atoms with Gasteiger partial charge in [0.2, 0.25) is 5.91 Å². The molecule has 24 heavy (non-hydrogen) atoms. The maximum Gasteiger partial charge on any atom is 0.221 e. The normalized spacial score (nSPS) is 12.2. The molecular weight excluding hydrogens is 309 g/mol. The summed E-state index contributed by atoms with van der Waals surface area (Å²) in [6.45, 7) is 0.465. The topological polar surface area (TPSA) is 67.2 Å². The van der Waals surface area contributed by atoms with Gasteiger partial charge >= 0.3 is 0 Å². The summed E-state index contributed by atoms with van der Waals surface area (Å²) in [5, 5.41) is 12.6. The van der Waals surface area contributed by atoms with Crippen molar-refractivity contribution in [3.63, 3.8) is 0 Å². The Balaban J connectivity index is 1.52. The number of nitrogens with one attached hydrogen (secondary N) is 1. The minimum atomic E-state index is -1.07. The number of halogens is 1. The van der Waals surface area contributed by atoms with Crippen molar-refractivity contribution in [2.45, 2.75) is 19.1 Å². The van der Waals surface area contributed by atoms with Crippen LogP contribution >= 0.6 is 0 Å². The molecule has 0 spiro atoms. The molecular formula is C18H18FN3O2. The number of rotatable bonds is 6. The molecule has 0 radical (unpaired) electrons. The van der Waals surface area contributed by atoms with E-state index in [1.54, 1.807) is 18.5 Å². The minimum absolute atomic E-state index is 0.0234. The summed E-state index contributed by atoms with van der Waals surface area (Å²) in [5.41, 5.74) is 2.03. The number of amides is 1. The van der Waals surface area contributed by atoms with Gasteiger partial charge in [0.15, 0.2) is 0 Å². The summed E-state index contributed by atoms with van der Waals surface area (Å²) in [6.07, 6.45) is 0.889. The average Bonchev–Trinajstić information content (AvgIpc) is 3.01. The molecule has 3 aromatic rings. The van der Waals surface area contributed by atoms with Crippen LogP contribution in [0.25, 0.3) is 11.0 Å². The number of nitrogens with zero attached hydrogens (tertiary/aromatic N) is 2. The van der Waals surface area contributed by atoms with Crippen molar-refractivity contribution < 1.29 is 14.3 Å². The van der Waals surface area contributed by atoms with Crippen molar-refractivity contribution in [2.24, 2.45) is 0 Å². The Bertz CT molecular complexity index is 847. The quantitative estimate of drug-likeness (QED) is 0.731. The number of aliphatic hydroxyl groups excluding tert-OH is 1. The summed E-state index contributed by atoms with van der Waals surface area (Å²) in [6, 6.07) is 13.7. The average molecular weight is 327 g/mol. The Morgan fingerprint density at radius 2 is 1.96 bits per heavy atom. The molecule has 1 aromatic heterocycles. The first-order valence-corrected chi connectivity index (χ1v) is 7.74. The van der Waals surface area contributed by atoms with Gasteiger partial charge < -0.3 is 15.0 Å². The standard InChI is InChI=1S/C18H18FN3O2/c19-14-6-2-1-5-13(14)17(23)11-20-18(24)9-10-22-12-21-15-7-3-4-8-16(15)22/h1-8,12,17,23H,9-11H2,(H,20,24)/t17-/m0/s1. The van der Waals surface area contributed by atoms with Gasteiger partial charge in [-0.3, -0.25) is 4.79 Å². The van der Waals surface area contributed by atoms with E-state index in [9.17, 15) is 14.3 Å². The zero-order chi connectivity index (χ0) is 16.9. The van der Waals surface area contributed by atoms with Gasteiger partial charge in [0, 0.05) is 25.1 Å². The second kappa shape index (κ2) is 7.23. The summed E-state index contributed by atoms with van der Waals surface area (Å²) < 4.78 is 15.5. The molecule has 1 atom stereocenters. The van der Waals surface area contributed by atoms with Gasteiger partial charge in [-0.05, 0) is 18.2 Å². The third kappa shape index (κ3) is 3.60. The summed E-state index contributed by atoms with van der Waals surface area (Å²) in [7, 11) is 0. The van der Waals surface area contributed by atoms with E-state index >= 15 is 0 Å². The van der Waals surface area contributed by atoms with Crippen molar-refractivity contribution in [3.8, 4) is 0 Å². The molecule has 1 amide bonds. The first-order valence-electron chi connectivity index (χ1n) is 7.74. The van der Waals surface area contributed by atoms with Crippen LogP contribution in [0.2, 0.25) is 0 Å². The highest BCUT2D eigenvalue weighted by molar-refractivity contribution is 5.77.